The van der Waals surface area contributed by atoms with Crippen molar-refractivity contribution in [2.75, 3.05) is 18.5 Å². The molecule has 2 aromatic carbocycles. The molecule has 0 atom stereocenters. The number of amides is 1. The molecule has 7 heteroatoms. The Morgan fingerprint density at radius 3 is 2.29 bits per heavy atom. The van der Waals surface area contributed by atoms with Crippen molar-refractivity contribution in [2.24, 2.45) is 0 Å². The summed E-state index contributed by atoms with van der Waals surface area (Å²) in [7, 11) is 0. The highest BCUT2D eigenvalue weighted by Crippen LogP contribution is 2.40. The third kappa shape index (κ3) is 6.75. The van der Waals surface area contributed by atoms with E-state index >= 15 is 0 Å². The molecule has 28 heavy (non-hydrogen) atoms. The first-order valence-corrected chi connectivity index (χ1v) is 9.34. The van der Waals surface area contributed by atoms with E-state index in [0.29, 0.717) is 36.0 Å². The van der Waals surface area contributed by atoms with Gasteiger partial charge in [-0.15, -0.1) is 0 Å². The van der Waals surface area contributed by atoms with Crippen molar-refractivity contribution in [3.8, 4) is 11.5 Å². The molecule has 0 aliphatic carbocycles. The van der Waals surface area contributed by atoms with E-state index in [1.54, 1.807) is 36.4 Å². The Morgan fingerprint density at radius 2 is 1.68 bits per heavy atom. The molecule has 0 fully saturated rings. The number of hydrogen-bond donors (Lipinski definition) is 1. The Morgan fingerprint density at radius 1 is 1.04 bits per heavy atom. The van der Waals surface area contributed by atoms with Crippen molar-refractivity contribution >= 4 is 17.3 Å². The third-order valence-electron chi connectivity index (χ3n) is 3.95. The minimum absolute atomic E-state index is 0. The van der Waals surface area contributed by atoms with Crippen LogP contribution in [-0.2, 0) is 0 Å². The first kappa shape index (κ1) is 23.3. The average Bonchev–Trinajstić information content (AvgIpc) is 2.70. The summed E-state index contributed by atoms with van der Waals surface area (Å²) >= 11 is 0. The molecule has 0 unspecified atom stereocenters. The van der Waals surface area contributed by atoms with Crippen LogP contribution in [0.4, 0.5) is 11.4 Å². The van der Waals surface area contributed by atoms with Crippen molar-refractivity contribution in [1.82, 2.24) is 0 Å². The Bertz CT molecular complexity index is 791. The number of nitrogens with zero attached hydrogens (tertiary/aromatic N) is 2. The number of diazo groups is 1. The highest BCUT2D eigenvalue weighted by molar-refractivity contribution is 6.05. The van der Waals surface area contributed by atoms with Gasteiger partial charge in [0.25, 0.3) is 5.91 Å². The number of carbonyl (C=O) groups excluding carboxylic acids is 1. The molecule has 0 aliphatic heterocycles. The zero-order valence-corrected chi connectivity index (χ0v) is 17.0. The monoisotopic (exact) mass is 403 g/mol. The number of rotatable bonds is 10. The molecule has 2 aromatic rings. The maximum absolute atomic E-state index is 12.6. The van der Waals surface area contributed by atoms with E-state index in [9.17, 15) is 10.2 Å². The predicted octanol–water partition coefficient (Wildman–Crippen LogP) is 2.79. The molecular weight excluding hydrogens is 378 g/mol. The number of ether oxygens (including phenoxy) is 2. The van der Waals surface area contributed by atoms with Crippen molar-refractivity contribution in [3.63, 3.8) is 0 Å². The molecule has 0 aromatic heterocycles. The Kier molecular flexibility index (Phi) is 10.4. The number of unbranched alkanes of at least 4 members (excludes halogenated alkanes) is 2. The predicted molar refractivity (Wildman–Crippen MR) is 106 cm³/mol. The third-order valence-corrected chi connectivity index (χ3v) is 3.95. The van der Waals surface area contributed by atoms with Crippen LogP contribution < -0.4 is 27.2 Å². The first-order chi connectivity index (χ1) is 13.2. The molecule has 0 spiro atoms. The molecule has 0 bridgehead atoms. The van der Waals surface area contributed by atoms with Crippen LogP contribution in [0.1, 0.15) is 49.9 Å². The van der Waals surface area contributed by atoms with Gasteiger partial charge in [0, 0.05) is 11.6 Å². The average molecular weight is 404 g/mol. The van der Waals surface area contributed by atoms with Gasteiger partial charge >= 0.3 is 5.69 Å². The van der Waals surface area contributed by atoms with Gasteiger partial charge in [-0.25, -0.2) is 0 Å². The van der Waals surface area contributed by atoms with Crippen LogP contribution in [0.25, 0.3) is 4.98 Å². The van der Waals surface area contributed by atoms with Gasteiger partial charge < -0.3 is 27.2 Å². The molecule has 0 heterocycles. The fraction of sp³-hybridized carbons (Fsp3) is 0.381. The molecule has 0 aliphatic rings. The summed E-state index contributed by atoms with van der Waals surface area (Å²) in [5.74, 6) is 0.575. The molecule has 0 saturated heterocycles. The van der Waals surface area contributed by atoms with E-state index in [1.807, 2.05) is 6.07 Å². The summed E-state index contributed by atoms with van der Waals surface area (Å²) in [6.07, 6.45) is 3.74. The van der Waals surface area contributed by atoms with Gasteiger partial charge in [-0.05, 0) is 25.0 Å². The van der Waals surface area contributed by atoms with Gasteiger partial charge in [0.15, 0.2) is 4.98 Å². The minimum atomic E-state index is -0.273. The number of halogens is 1. The van der Waals surface area contributed by atoms with Crippen LogP contribution in [-0.4, -0.2) is 19.1 Å². The highest BCUT2D eigenvalue weighted by atomic mass is 35.5. The second kappa shape index (κ2) is 12.6. The lowest BCUT2D eigenvalue weighted by Crippen LogP contribution is -3.00. The number of benzene rings is 2. The molecular formula is C21H26ClN3O3. The second-order valence-electron chi connectivity index (χ2n) is 6.14. The van der Waals surface area contributed by atoms with Gasteiger partial charge in [-0.2, -0.15) is 0 Å². The maximum Gasteiger partial charge on any atom is 0.432 e. The standard InChI is InChI=1S/C21H25N3O3.ClH/c1-3-5-12-26-17-14-18(23-21(25)16-10-8-7-9-11-16)20(19(15-17)24-22)27-13-6-4-2;/h7-11,14-15H,3-6,12-13H2,1-2H3;1H. The lowest BCUT2D eigenvalue weighted by Gasteiger charge is -2.13. The van der Waals surface area contributed by atoms with Crippen molar-refractivity contribution in [3.05, 3.63) is 53.0 Å². The van der Waals surface area contributed by atoms with E-state index in [2.05, 4.69) is 24.1 Å². The molecule has 1 amide bonds. The quantitative estimate of drug-likeness (QED) is 0.489. The van der Waals surface area contributed by atoms with E-state index < -0.39 is 0 Å². The van der Waals surface area contributed by atoms with E-state index in [0.717, 1.165) is 25.7 Å². The van der Waals surface area contributed by atoms with Crippen LogP contribution in [0.15, 0.2) is 42.5 Å². The van der Waals surface area contributed by atoms with Crippen LogP contribution in [0.5, 0.6) is 11.5 Å². The largest absolute Gasteiger partial charge is 1.00 e. The molecule has 1 N–H and O–H groups in total. The minimum Gasteiger partial charge on any atom is -1.00 e. The van der Waals surface area contributed by atoms with E-state index in [-0.39, 0.29) is 24.0 Å². The molecule has 0 saturated carbocycles. The molecule has 6 nitrogen and oxygen atoms in total. The lowest BCUT2D eigenvalue weighted by molar-refractivity contribution is -0.0000143. The number of nitrogens with one attached hydrogen (secondary N) is 1. The Balaban J connectivity index is 0.00000392. The summed E-state index contributed by atoms with van der Waals surface area (Å²) in [4.78, 5) is 15.9. The zero-order chi connectivity index (χ0) is 19.5. The summed E-state index contributed by atoms with van der Waals surface area (Å²) < 4.78 is 11.5. The van der Waals surface area contributed by atoms with Gasteiger partial charge in [0.05, 0.1) is 25.0 Å². The fourth-order valence-corrected chi connectivity index (χ4v) is 2.43. The highest BCUT2D eigenvalue weighted by Gasteiger charge is 2.24. The van der Waals surface area contributed by atoms with E-state index in [4.69, 9.17) is 9.47 Å². The van der Waals surface area contributed by atoms with Crippen molar-refractivity contribution < 1.29 is 26.7 Å². The van der Waals surface area contributed by atoms with Crippen LogP contribution in [0.3, 0.4) is 0 Å². The van der Waals surface area contributed by atoms with Crippen LogP contribution in [0, 0.1) is 5.39 Å². The topological polar surface area (TPSA) is 75.7 Å². The zero-order valence-electron chi connectivity index (χ0n) is 16.3. The second-order valence-corrected chi connectivity index (χ2v) is 6.14. The van der Waals surface area contributed by atoms with Gasteiger partial charge in [0.1, 0.15) is 5.75 Å². The number of carbonyl (C=O) groups is 1. The van der Waals surface area contributed by atoms with Crippen LogP contribution >= 0.6 is 0 Å². The summed E-state index contributed by atoms with van der Waals surface area (Å²) in [6, 6.07) is 12.2. The lowest BCUT2D eigenvalue weighted by atomic mass is 10.2. The Hall–Kier alpha value is -2.78. The van der Waals surface area contributed by atoms with Gasteiger partial charge in [0.2, 0.25) is 11.1 Å². The number of hydrogen-bond acceptors (Lipinski definition) is 4. The number of anilines is 1. The summed E-state index contributed by atoms with van der Waals surface area (Å²) in [5.41, 5.74) is 1.17. The van der Waals surface area contributed by atoms with E-state index in [1.165, 1.54) is 0 Å². The molecule has 2 rings (SSSR count). The fourth-order valence-electron chi connectivity index (χ4n) is 2.43. The maximum atomic E-state index is 12.6. The van der Waals surface area contributed by atoms with Gasteiger partial charge in [-0.1, -0.05) is 44.9 Å². The normalized spacial score (nSPS) is 9.75. The smallest absolute Gasteiger partial charge is 0.432 e. The van der Waals surface area contributed by atoms with Crippen LogP contribution in [0.2, 0.25) is 0 Å². The first-order valence-electron chi connectivity index (χ1n) is 9.34. The molecule has 150 valence electrons. The van der Waals surface area contributed by atoms with Crippen molar-refractivity contribution in [2.45, 2.75) is 39.5 Å². The van der Waals surface area contributed by atoms with Gasteiger partial charge in [-0.3, -0.25) is 4.79 Å². The van der Waals surface area contributed by atoms with Crippen molar-refractivity contribution in [1.29, 1.82) is 5.39 Å². The SMILES string of the molecule is CCCCOc1cc([N+]#N)c(OCCCC)c(NC(=O)c2ccccc2)c1.[Cl-]. The summed E-state index contributed by atoms with van der Waals surface area (Å²) in [6.45, 7) is 5.14. The Labute approximate surface area is 172 Å². The summed E-state index contributed by atoms with van der Waals surface area (Å²) in [5, 5.41) is 12.3. The molecule has 0 radical (unpaired) electrons.